The summed E-state index contributed by atoms with van der Waals surface area (Å²) in [6, 6.07) is 11.5. The van der Waals surface area contributed by atoms with Gasteiger partial charge in [-0.3, -0.25) is 4.79 Å². The standard InChI is InChI=1S/C15H10ClNO3/c1-19-12-4-11(8-17)5-13(7-12)20-15-3-2-10(9-18)6-14(15)16/h2-7,9H,1H3. The molecule has 4 nitrogen and oxygen atoms in total. The molecule has 2 aromatic carbocycles. The van der Waals surface area contributed by atoms with E-state index < -0.39 is 0 Å². The predicted octanol–water partition coefficient (Wildman–Crippen LogP) is 3.83. The summed E-state index contributed by atoms with van der Waals surface area (Å²) in [6.07, 6.45) is 0.703. The van der Waals surface area contributed by atoms with Crippen molar-refractivity contribution in [3.8, 4) is 23.3 Å². The van der Waals surface area contributed by atoms with Crippen LogP contribution in [0.5, 0.6) is 17.2 Å². The summed E-state index contributed by atoms with van der Waals surface area (Å²) in [5.41, 5.74) is 0.880. The van der Waals surface area contributed by atoms with Gasteiger partial charge in [0.15, 0.2) is 0 Å². The van der Waals surface area contributed by atoms with E-state index in [0.717, 1.165) is 0 Å². The lowest BCUT2D eigenvalue weighted by molar-refractivity contribution is 0.112. The van der Waals surface area contributed by atoms with Crippen LogP contribution in [0.1, 0.15) is 15.9 Å². The Kier molecular flexibility index (Phi) is 4.24. The highest BCUT2D eigenvalue weighted by atomic mass is 35.5. The van der Waals surface area contributed by atoms with Crippen molar-refractivity contribution in [1.29, 1.82) is 5.26 Å². The van der Waals surface area contributed by atoms with E-state index in [2.05, 4.69) is 0 Å². The average molecular weight is 288 g/mol. The summed E-state index contributed by atoms with van der Waals surface area (Å²) in [7, 11) is 1.51. The number of carbonyl (C=O) groups excluding carboxylic acids is 1. The van der Waals surface area contributed by atoms with Gasteiger partial charge in [-0.2, -0.15) is 5.26 Å². The molecule has 0 N–H and O–H groups in total. The van der Waals surface area contributed by atoms with Crippen LogP contribution in [0.25, 0.3) is 0 Å². The molecule has 0 aliphatic rings. The second kappa shape index (κ2) is 6.09. The monoisotopic (exact) mass is 287 g/mol. The lowest BCUT2D eigenvalue weighted by Gasteiger charge is -2.09. The van der Waals surface area contributed by atoms with Crippen molar-refractivity contribution in [2.75, 3.05) is 7.11 Å². The Bertz CT molecular complexity index is 692. The summed E-state index contributed by atoms with van der Waals surface area (Å²) >= 11 is 6.03. The molecule has 0 amide bonds. The number of aldehydes is 1. The topological polar surface area (TPSA) is 59.3 Å². The highest BCUT2D eigenvalue weighted by Gasteiger charge is 2.07. The maximum atomic E-state index is 10.6. The summed E-state index contributed by atoms with van der Waals surface area (Å²) in [6.45, 7) is 0. The van der Waals surface area contributed by atoms with Crippen LogP contribution in [0.4, 0.5) is 0 Å². The van der Waals surface area contributed by atoms with Crippen molar-refractivity contribution in [1.82, 2.24) is 0 Å². The molecule has 2 aromatic rings. The van der Waals surface area contributed by atoms with Crippen molar-refractivity contribution in [3.63, 3.8) is 0 Å². The fourth-order valence-electron chi connectivity index (χ4n) is 1.61. The largest absolute Gasteiger partial charge is 0.497 e. The zero-order chi connectivity index (χ0) is 14.5. The minimum absolute atomic E-state index is 0.316. The van der Waals surface area contributed by atoms with Gasteiger partial charge in [0.1, 0.15) is 23.5 Å². The third-order valence-corrected chi connectivity index (χ3v) is 2.86. The molecular formula is C15H10ClNO3. The number of nitrogens with zero attached hydrogens (tertiary/aromatic N) is 1. The van der Waals surface area contributed by atoms with Crippen molar-refractivity contribution < 1.29 is 14.3 Å². The summed E-state index contributed by atoms with van der Waals surface area (Å²) in [5, 5.41) is 9.26. The molecule has 0 aliphatic carbocycles. The van der Waals surface area contributed by atoms with Gasteiger partial charge >= 0.3 is 0 Å². The molecule has 0 fully saturated rings. The zero-order valence-corrected chi connectivity index (χ0v) is 11.3. The highest BCUT2D eigenvalue weighted by Crippen LogP contribution is 2.32. The van der Waals surface area contributed by atoms with Gasteiger partial charge in [0.2, 0.25) is 0 Å². The molecule has 2 rings (SSSR count). The lowest BCUT2D eigenvalue weighted by Crippen LogP contribution is -1.90. The number of carbonyl (C=O) groups is 1. The van der Waals surface area contributed by atoms with Gasteiger partial charge in [0.05, 0.1) is 23.8 Å². The van der Waals surface area contributed by atoms with Crippen molar-refractivity contribution in [2.45, 2.75) is 0 Å². The molecule has 0 unspecified atom stereocenters. The van der Waals surface area contributed by atoms with E-state index in [-0.39, 0.29) is 0 Å². The van der Waals surface area contributed by atoms with Crippen LogP contribution in [0.15, 0.2) is 36.4 Å². The van der Waals surface area contributed by atoms with E-state index >= 15 is 0 Å². The van der Waals surface area contributed by atoms with Crippen LogP contribution in [0, 0.1) is 11.3 Å². The number of benzene rings is 2. The second-order valence-electron chi connectivity index (χ2n) is 3.92. The van der Waals surface area contributed by atoms with Crippen LogP contribution in [-0.4, -0.2) is 13.4 Å². The molecule has 0 aliphatic heterocycles. The van der Waals surface area contributed by atoms with Crippen molar-refractivity contribution in [3.05, 3.63) is 52.5 Å². The number of halogens is 1. The Morgan fingerprint density at radius 3 is 2.55 bits per heavy atom. The minimum Gasteiger partial charge on any atom is -0.497 e. The number of hydrogen-bond acceptors (Lipinski definition) is 4. The highest BCUT2D eigenvalue weighted by molar-refractivity contribution is 6.32. The summed E-state index contributed by atoms with van der Waals surface area (Å²) in [5.74, 6) is 1.34. The van der Waals surface area contributed by atoms with E-state index in [1.54, 1.807) is 30.3 Å². The van der Waals surface area contributed by atoms with Gasteiger partial charge < -0.3 is 9.47 Å². The first-order chi connectivity index (χ1) is 9.66. The van der Waals surface area contributed by atoms with Gasteiger partial charge in [0, 0.05) is 11.6 Å². The van der Waals surface area contributed by atoms with Crippen LogP contribution < -0.4 is 9.47 Å². The lowest BCUT2D eigenvalue weighted by atomic mass is 10.2. The van der Waals surface area contributed by atoms with Crippen LogP contribution in [0.2, 0.25) is 5.02 Å². The molecule has 0 radical (unpaired) electrons. The molecule has 20 heavy (non-hydrogen) atoms. The van der Waals surface area contributed by atoms with Crippen molar-refractivity contribution in [2.24, 2.45) is 0 Å². The molecule has 0 saturated heterocycles. The maximum absolute atomic E-state index is 10.6. The fraction of sp³-hybridized carbons (Fsp3) is 0.0667. The third kappa shape index (κ3) is 3.08. The van der Waals surface area contributed by atoms with Gasteiger partial charge in [-0.25, -0.2) is 0 Å². The zero-order valence-electron chi connectivity index (χ0n) is 10.6. The third-order valence-electron chi connectivity index (χ3n) is 2.56. The molecular weight excluding hydrogens is 278 g/mol. The SMILES string of the molecule is COc1cc(C#N)cc(Oc2ccc(C=O)cc2Cl)c1. The first-order valence-corrected chi connectivity index (χ1v) is 6.06. The van der Waals surface area contributed by atoms with Crippen molar-refractivity contribution >= 4 is 17.9 Å². The quantitative estimate of drug-likeness (QED) is 0.802. The van der Waals surface area contributed by atoms with E-state index in [1.807, 2.05) is 6.07 Å². The van der Waals surface area contributed by atoms with Crippen LogP contribution >= 0.6 is 11.6 Å². The van der Waals surface area contributed by atoms with Gasteiger partial charge in [-0.1, -0.05) is 11.6 Å². The van der Waals surface area contributed by atoms with Gasteiger partial charge in [0.25, 0.3) is 0 Å². The maximum Gasteiger partial charge on any atom is 0.150 e. The Morgan fingerprint density at radius 2 is 1.95 bits per heavy atom. The van der Waals surface area contributed by atoms with E-state index in [4.69, 9.17) is 26.3 Å². The van der Waals surface area contributed by atoms with E-state index in [1.165, 1.54) is 13.2 Å². The first-order valence-electron chi connectivity index (χ1n) is 5.68. The summed E-state index contributed by atoms with van der Waals surface area (Å²) < 4.78 is 10.7. The van der Waals surface area contributed by atoms with Gasteiger partial charge in [-0.05, 0) is 30.3 Å². The molecule has 0 aromatic heterocycles. The summed E-state index contributed by atoms with van der Waals surface area (Å²) in [4.78, 5) is 10.6. The number of nitriles is 1. The van der Waals surface area contributed by atoms with Crippen LogP contribution in [0.3, 0.4) is 0 Å². The van der Waals surface area contributed by atoms with Gasteiger partial charge in [-0.15, -0.1) is 0 Å². The second-order valence-corrected chi connectivity index (χ2v) is 4.33. The Labute approximate surface area is 121 Å². The van der Waals surface area contributed by atoms with E-state index in [0.29, 0.717) is 39.7 Å². The normalized spacial score (nSPS) is 9.65. The Morgan fingerprint density at radius 1 is 1.20 bits per heavy atom. The molecule has 0 heterocycles. The molecule has 0 saturated carbocycles. The predicted molar refractivity (Wildman–Crippen MR) is 74.6 cm³/mol. The number of methoxy groups -OCH3 is 1. The van der Waals surface area contributed by atoms with Crippen LogP contribution in [-0.2, 0) is 0 Å². The molecule has 0 bridgehead atoms. The number of ether oxygens (including phenoxy) is 2. The minimum atomic E-state index is 0.316. The first kappa shape index (κ1) is 13.9. The molecule has 0 spiro atoms. The molecule has 5 heteroatoms. The average Bonchev–Trinajstić information content (AvgIpc) is 2.48. The Balaban J connectivity index is 2.34. The molecule has 100 valence electrons. The Hall–Kier alpha value is -2.51. The number of hydrogen-bond donors (Lipinski definition) is 0. The van der Waals surface area contributed by atoms with E-state index in [9.17, 15) is 4.79 Å². The molecule has 0 atom stereocenters. The fourth-order valence-corrected chi connectivity index (χ4v) is 1.84. The number of rotatable bonds is 4. The smallest absolute Gasteiger partial charge is 0.150 e.